The van der Waals surface area contributed by atoms with Crippen molar-refractivity contribution in [2.24, 2.45) is 11.7 Å². The maximum absolute atomic E-state index is 12.5. The summed E-state index contributed by atoms with van der Waals surface area (Å²) in [5.74, 6) is 0.631. The number of carbonyl (C=O) groups excluding carboxylic acids is 2. The van der Waals surface area contributed by atoms with Crippen LogP contribution in [0.5, 0.6) is 0 Å². The van der Waals surface area contributed by atoms with Gasteiger partial charge in [-0.05, 0) is 44.2 Å². The van der Waals surface area contributed by atoms with Crippen LogP contribution in [0.25, 0.3) is 22.1 Å². The van der Waals surface area contributed by atoms with Crippen LogP contribution in [0.4, 0.5) is 0 Å². The predicted octanol–water partition coefficient (Wildman–Crippen LogP) is 4.32. The van der Waals surface area contributed by atoms with Gasteiger partial charge in [0, 0.05) is 43.1 Å². The molecule has 8 nitrogen and oxygen atoms in total. The number of piperidine rings is 1. The molecule has 3 heterocycles. The molecule has 0 saturated carbocycles. The SMILES string of the molecule is Cc1cccc(Cn2c3ccccc3c3nnc(SCCCCC(=O)N4CCC(C(N)=O)CC4)nc32)c1. The van der Waals surface area contributed by atoms with E-state index in [1.165, 1.54) is 11.1 Å². The van der Waals surface area contributed by atoms with Gasteiger partial charge in [-0.25, -0.2) is 4.98 Å². The Kier molecular flexibility index (Phi) is 7.69. The zero-order chi connectivity index (χ0) is 25.8. The topological polar surface area (TPSA) is 107 Å². The Balaban J connectivity index is 1.20. The van der Waals surface area contributed by atoms with E-state index in [0.717, 1.165) is 40.7 Å². The Hall–Kier alpha value is -3.46. The van der Waals surface area contributed by atoms with Crippen molar-refractivity contribution in [3.63, 3.8) is 0 Å². The zero-order valence-electron chi connectivity index (χ0n) is 21.1. The van der Waals surface area contributed by atoms with Gasteiger partial charge >= 0.3 is 0 Å². The lowest BCUT2D eigenvalue weighted by Crippen LogP contribution is -2.41. The quantitative estimate of drug-likeness (QED) is 0.262. The van der Waals surface area contributed by atoms with E-state index in [-0.39, 0.29) is 17.7 Å². The van der Waals surface area contributed by atoms with E-state index in [1.54, 1.807) is 11.8 Å². The number of carbonyl (C=O) groups is 2. The highest BCUT2D eigenvalue weighted by molar-refractivity contribution is 7.99. The van der Waals surface area contributed by atoms with Crippen molar-refractivity contribution in [1.29, 1.82) is 0 Å². The molecule has 0 aliphatic carbocycles. The minimum atomic E-state index is -0.255. The summed E-state index contributed by atoms with van der Waals surface area (Å²) in [5, 5.41) is 10.7. The molecule has 1 aliphatic rings. The molecular weight excluding hydrogens is 484 g/mol. The highest BCUT2D eigenvalue weighted by atomic mass is 32.2. The predicted molar refractivity (Wildman–Crippen MR) is 146 cm³/mol. The molecule has 2 N–H and O–H groups in total. The van der Waals surface area contributed by atoms with Gasteiger partial charge in [-0.2, -0.15) is 0 Å². The molecule has 0 radical (unpaired) electrons. The maximum atomic E-state index is 12.5. The average Bonchev–Trinajstić information content (AvgIpc) is 3.21. The lowest BCUT2D eigenvalue weighted by atomic mass is 9.96. The van der Waals surface area contributed by atoms with Crippen LogP contribution in [0.2, 0.25) is 0 Å². The maximum Gasteiger partial charge on any atom is 0.222 e. The first-order valence-corrected chi connectivity index (χ1v) is 13.9. The van der Waals surface area contributed by atoms with Crippen LogP contribution in [0.15, 0.2) is 53.7 Å². The van der Waals surface area contributed by atoms with Crippen molar-refractivity contribution in [2.75, 3.05) is 18.8 Å². The summed E-state index contributed by atoms with van der Waals surface area (Å²) < 4.78 is 2.22. The molecule has 4 aromatic rings. The molecule has 192 valence electrons. The summed E-state index contributed by atoms with van der Waals surface area (Å²) in [4.78, 5) is 30.6. The second kappa shape index (κ2) is 11.3. The number of aromatic nitrogens is 4. The summed E-state index contributed by atoms with van der Waals surface area (Å²) in [6.07, 6.45) is 3.56. The number of para-hydroxylation sites is 1. The number of hydrogen-bond donors (Lipinski definition) is 1. The fraction of sp³-hybridized carbons (Fsp3) is 0.393. The van der Waals surface area contributed by atoms with Gasteiger partial charge in [0.05, 0.1) is 5.52 Å². The number of fused-ring (bicyclic) bond motifs is 3. The van der Waals surface area contributed by atoms with Gasteiger partial charge in [-0.1, -0.05) is 59.8 Å². The molecule has 1 fully saturated rings. The van der Waals surface area contributed by atoms with E-state index in [1.807, 2.05) is 17.0 Å². The zero-order valence-corrected chi connectivity index (χ0v) is 21.9. The van der Waals surface area contributed by atoms with Crippen molar-refractivity contribution < 1.29 is 9.59 Å². The number of thioether (sulfide) groups is 1. The van der Waals surface area contributed by atoms with Crippen molar-refractivity contribution in [3.05, 3.63) is 59.7 Å². The number of nitrogens with zero attached hydrogens (tertiary/aromatic N) is 5. The average molecular weight is 517 g/mol. The summed E-state index contributed by atoms with van der Waals surface area (Å²) in [6.45, 7) is 4.06. The third-order valence-electron chi connectivity index (χ3n) is 7.04. The molecule has 1 aliphatic heterocycles. The molecule has 1 saturated heterocycles. The van der Waals surface area contributed by atoms with Crippen molar-refractivity contribution >= 4 is 45.6 Å². The van der Waals surface area contributed by atoms with E-state index in [0.29, 0.717) is 44.1 Å². The number of likely N-dealkylation sites (tertiary alicyclic amines) is 1. The minimum absolute atomic E-state index is 0.0955. The fourth-order valence-electron chi connectivity index (χ4n) is 5.02. The largest absolute Gasteiger partial charge is 0.369 e. The standard InChI is InChI=1S/C28H32N6O2S/c1-19-7-6-8-20(17-19)18-34-23-10-3-2-9-22(23)25-27(34)30-28(32-31-25)37-16-5-4-11-24(35)33-14-12-21(13-15-33)26(29)36/h2-3,6-10,17,21H,4-5,11-16,18H2,1H3,(H2,29,36). The second-order valence-corrected chi connectivity index (χ2v) is 10.8. The first kappa shape index (κ1) is 25.2. The molecule has 0 bridgehead atoms. The van der Waals surface area contributed by atoms with Crippen molar-refractivity contribution in [1.82, 2.24) is 24.6 Å². The van der Waals surface area contributed by atoms with E-state index >= 15 is 0 Å². The number of aryl methyl sites for hydroxylation is 1. The highest BCUT2D eigenvalue weighted by Crippen LogP contribution is 2.28. The fourth-order valence-corrected chi connectivity index (χ4v) is 5.80. The van der Waals surface area contributed by atoms with Gasteiger partial charge in [0.25, 0.3) is 0 Å². The van der Waals surface area contributed by atoms with E-state index in [9.17, 15) is 9.59 Å². The smallest absolute Gasteiger partial charge is 0.222 e. The number of unbranched alkanes of at least 4 members (excludes halogenated alkanes) is 1. The number of primary amides is 1. The third kappa shape index (κ3) is 5.77. The van der Waals surface area contributed by atoms with Gasteiger partial charge in [-0.15, -0.1) is 10.2 Å². The normalized spacial score (nSPS) is 14.5. The Morgan fingerprint density at radius 3 is 2.65 bits per heavy atom. The Bertz CT molecular complexity index is 1430. The van der Waals surface area contributed by atoms with E-state index in [4.69, 9.17) is 10.7 Å². The van der Waals surface area contributed by atoms with Crippen LogP contribution in [0.1, 0.15) is 43.2 Å². The lowest BCUT2D eigenvalue weighted by molar-refractivity contribution is -0.134. The number of amides is 2. The summed E-state index contributed by atoms with van der Waals surface area (Å²) >= 11 is 1.58. The summed E-state index contributed by atoms with van der Waals surface area (Å²) in [5.41, 5.74) is 10.6. The van der Waals surface area contributed by atoms with Crippen LogP contribution in [0, 0.1) is 12.8 Å². The first-order valence-electron chi connectivity index (χ1n) is 12.9. The molecular formula is C28H32N6O2S. The summed E-state index contributed by atoms with van der Waals surface area (Å²) in [7, 11) is 0. The van der Waals surface area contributed by atoms with Crippen molar-refractivity contribution in [2.45, 2.75) is 50.7 Å². The molecule has 2 aromatic carbocycles. The number of nitrogens with two attached hydrogens (primary N) is 1. The van der Waals surface area contributed by atoms with Crippen LogP contribution in [0.3, 0.4) is 0 Å². The molecule has 2 amide bonds. The third-order valence-corrected chi connectivity index (χ3v) is 7.97. The Morgan fingerprint density at radius 1 is 1.05 bits per heavy atom. The molecule has 2 aromatic heterocycles. The molecule has 9 heteroatoms. The van der Waals surface area contributed by atoms with Gasteiger partial charge in [0.15, 0.2) is 5.65 Å². The number of rotatable bonds is 9. The molecule has 0 unspecified atom stereocenters. The van der Waals surface area contributed by atoms with Gasteiger partial charge in [0.2, 0.25) is 17.0 Å². The van der Waals surface area contributed by atoms with E-state index < -0.39 is 0 Å². The minimum Gasteiger partial charge on any atom is -0.369 e. The highest BCUT2D eigenvalue weighted by Gasteiger charge is 2.25. The van der Waals surface area contributed by atoms with Crippen LogP contribution >= 0.6 is 11.8 Å². The Morgan fingerprint density at radius 2 is 1.86 bits per heavy atom. The monoisotopic (exact) mass is 516 g/mol. The van der Waals surface area contributed by atoms with Crippen molar-refractivity contribution in [3.8, 4) is 0 Å². The lowest BCUT2D eigenvalue weighted by Gasteiger charge is -2.30. The van der Waals surface area contributed by atoms with Crippen LogP contribution < -0.4 is 5.73 Å². The molecule has 37 heavy (non-hydrogen) atoms. The molecule has 0 atom stereocenters. The first-order chi connectivity index (χ1) is 18.0. The van der Waals surface area contributed by atoms with Crippen LogP contribution in [-0.4, -0.2) is 55.3 Å². The van der Waals surface area contributed by atoms with Gasteiger partial charge in [-0.3, -0.25) is 9.59 Å². The van der Waals surface area contributed by atoms with E-state index in [2.05, 4.69) is 58.1 Å². The number of hydrogen-bond acceptors (Lipinski definition) is 6. The van der Waals surface area contributed by atoms with Gasteiger partial charge < -0.3 is 15.2 Å². The van der Waals surface area contributed by atoms with Crippen LogP contribution in [-0.2, 0) is 16.1 Å². The molecule has 5 rings (SSSR count). The van der Waals surface area contributed by atoms with Gasteiger partial charge in [0.1, 0.15) is 5.52 Å². The second-order valence-electron chi connectivity index (χ2n) is 9.72. The molecule has 0 spiro atoms. The summed E-state index contributed by atoms with van der Waals surface area (Å²) in [6, 6.07) is 16.8. The Labute approximate surface area is 220 Å². The number of benzene rings is 2.